The van der Waals surface area contributed by atoms with Gasteiger partial charge in [-0.15, -0.1) is 4.99 Å². The highest BCUT2D eigenvalue weighted by Gasteiger charge is 2.43. The number of nitrogens with one attached hydrogen (secondary N) is 1. The summed E-state index contributed by atoms with van der Waals surface area (Å²) in [5, 5.41) is 18.7. The zero-order valence-corrected chi connectivity index (χ0v) is 19.8. The molecule has 2 amide bonds. The van der Waals surface area contributed by atoms with Gasteiger partial charge in [0.1, 0.15) is 0 Å². The molecule has 34 heavy (non-hydrogen) atoms. The molecular formula is C25H34N6O3. The normalized spacial score (nSPS) is 26.3. The monoisotopic (exact) mass is 466 g/mol. The van der Waals surface area contributed by atoms with Crippen molar-refractivity contribution in [2.75, 3.05) is 39.3 Å². The lowest BCUT2D eigenvalue weighted by atomic mass is 9.83. The molecule has 1 aromatic rings. The Morgan fingerprint density at radius 3 is 2.32 bits per heavy atom. The summed E-state index contributed by atoms with van der Waals surface area (Å²) >= 11 is 0. The molecule has 3 fully saturated rings. The lowest BCUT2D eigenvalue weighted by Crippen LogP contribution is -2.56. The highest BCUT2D eigenvalue weighted by atomic mass is 16.5. The Hall–Kier alpha value is -3.12. The SMILES string of the molecule is CC1CCN(C(=NC#N)N2CCC(C(=O)N3CC[C@H](c4ccccc4)C3)C(C(=O)NO)C2)CC1. The Labute approximate surface area is 201 Å². The van der Waals surface area contributed by atoms with Crippen LogP contribution in [0.2, 0.25) is 0 Å². The Kier molecular flexibility index (Phi) is 7.68. The minimum absolute atomic E-state index is 0.0303. The molecule has 9 heteroatoms. The van der Waals surface area contributed by atoms with Crippen LogP contribution >= 0.6 is 0 Å². The van der Waals surface area contributed by atoms with E-state index in [-0.39, 0.29) is 12.5 Å². The molecule has 9 nitrogen and oxygen atoms in total. The van der Waals surface area contributed by atoms with Gasteiger partial charge in [0.2, 0.25) is 24.0 Å². The molecule has 3 saturated heterocycles. The van der Waals surface area contributed by atoms with Crippen LogP contribution in [0, 0.1) is 29.2 Å². The Morgan fingerprint density at radius 1 is 0.971 bits per heavy atom. The minimum atomic E-state index is -0.713. The van der Waals surface area contributed by atoms with Crippen LogP contribution in [-0.2, 0) is 9.59 Å². The van der Waals surface area contributed by atoms with Crippen molar-refractivity contribution in [3.8, 4) is 6.19 Å². The number of aliphatic imine (C=N–C) groups is 1. The fraction of sp³-hybridized carbons (Fsp3) is 0.600. The van der Waals surface area contributed by atoms with Crippen LogP contribution in [-0.4, -0.2) is 76.9 Å². The number of amides is 2. The molecule has 182 valence electrons. The van der Waals surface area contributed by atoms with Crippen molar-refractivity contribution in [2.24, 2.45) is 22.7 Å². The number of carbonyl (C=O) groups excluding carboxylic acids is 2. The second-order valence-corrected chi connectivity index (χ2v) is 9.79. The van der Waals surface area contributed by atoms with Gasteiger partial charge in [0.15, 0.2) is 0 Å². The second kappa shape index (κ2) is 10.9. The molecule has 4 rings (SSSR count). The molecule has 0 radical (unpaired) electrons. The van der Waals surface area contributed by atoms with Crippen LogP contribution in [0.1, 0.15) is 44.1 Å². The van der Waals surface area contributed by atoms with Gasteiger partial charge in [0.05, 0.1) is 11.8 Å². The first-order valence-electron chi connectivity index (χ1n) is 12.3. The van der Waals surface area contributed by atoms with Crippen LogP contribution in [0.5, 0.6) is 0 Å². The minimum Gasteiger partial charge on any atom is -0.342 e. The van der Waals surface area contributed by atoms with E-state index in [1.165, 1.54) is 5.56 Å². The number of hydroxylamine groups is 1. The van der Waals surface area contributed by atoms with Gasteiger partial charge >= 0.3 is 0 Å². The van der Waals surface area contributed by atoms with Gasteiger partial charge in [-0.05, 0) is 37.2 Å². The summed E-state index contributed by atoms with van der Waals surface area (Å²) < 4.78 is 0. The lowest BCUT2D eigenvalue weighted by molar-refractivity contribution is -0.147. The molecule has 0 aliphatic carbocycles. The molecular weight excluding hydrogens is 432 g/mol. The number of nitrogens with zero attached hydrogens (tertiary/aromatic N) is 5. The summed E-state index contributed by atoms with van der Waals surface area (Å²) in [6.45, 7) is 5.93. The van der Waals surface area contributed by atoms with Crippen molar-refractivity contribution in [3.63, 3.8) is 0 Å². The molecule has 0 saturated carbocycles. The van der Waals surface area contributed by atoms with E-state index in [4.69, 9.17) is 0 Å². The summed E-state index contributed by atoms with van der Waals surface area (Å²) in [5.41, 5.74) is 2.99. The van der Waals surface area contributed by atoms with Gasteiger partial charge in [-0.25, -0.2) is 5.48 Å². The number of hydrogen-bond donors (Lipinski definition) is 2. The molecule has 2 N–H and O–H groups in total. The van der Waals surface area contributed by atoms with E-state index < -0.39 is 17.7 Å². The lowest BCUT2D eigenvalue weighted by Gasteiger charge is -2.43. The van der Waals surface area contributed by atoms with E-state index in [0.29, 0.717) is 43.9 Å². The van der Waals surface area contributed by atoms with Crippen molar-refractivity contribution in [2.45, 2.75) is 38.5 Å². The van der Waals surface area contributed by atoms with E-state index in [9.17, 15) is 20.1 Å². The Bertz CT molecular complexity index is 938. The van der Waals surface area contributed by atoms with E-state index >= 15 is 0 Å². The largest absolute Gasteiger partial charge is 0.342 e. The van der Waals surface area contributed by atoms with Gasteiger partial charge in [-0.3, -0.25) is 14.8 Å². The van der Waals surface area contributed by atoms with E-state index in [2.05, 4.69) is 28.9 Å². The molecule has 3 aliphatic heterocycles. The fourth-order valence-electron chi connectivity index (χ4n) is 5.56. The van der Waals surface area contributed by atoms with E-state index in [1.807, 2.05) is 34.2 Å². The first-order chi connectivity index (χ1) is 16.5. The number of benzene rings is 1. The van der Waals surface area contributed by atoms with Crippen LogP contribution < -0.4 is 5.48 Å². The number of rotatable bonds is 3. The van der Waals surface area contributed by atoms with Crippen LogP contribution in [0.3, 0.4) is 0 Å². The quantitative estimate of drug-likeness (QED) is 0.232. The number of likely N-dealkylation sites (tertiary alicyclic amines) is 3. The molecule has 3 aliphatic rings. The highest BCUT2D eigenvalue weighted by Crippen LogP contribution is 2.32. The summed E-state index contributed by atoms with van der Waals surface area (Å²) in [6.07, 6.45) is 5.33. The van der Waals surface area contributed by atoms with Crippen molar-refractivity contribution in [3.05, 3.63) is 35.9 Å². The second-order valence-electron chi connectivity index (χ2n) is 9.79. The maximum absolute atomic E-state index is 13.5. The molecule has 3 heterocycles. The summed E-state index contributed by atoms with van der Waals surface area (Å²) in [6, 6.07) is 10.2. The van der Waals surface area contributed by atoms with Gasteiger partial charge < -0.3 is 14.7 Å². The van der Waals surface area contributed by atoms with E-state index in [0.717, 1.165) is 32.4 Å². The molecule has 0 aromatic heterocycles. The third-order valence-corrected chi connectivity index (χ3v) is 7.65. The number of nitriles is 1. The van der Waals surface area contributed by atoms with Crippen molar-refractivity contribution in [1.29, 1.82) is 5.26 Å². The maximum Gasteiger partial charge on any atom is 0.249 e. The topological polar surface area (TPSA) is 112 Å². The zero-order chi connectivity index (χ0) is 24.1. The first-order valence-corrected chi connectivity index (χ1v) is 12.3. The average molecular weight is 467 g/mol. The average Bonchev–Trinajstić information content (AvgIpc) is 3.38. The number of piperidine rings is 2. The van der Waals surface area contributed by atoms with Crippen LogP contribution in [0.25, 0.3) is 0 Å². The molecule has 3 atom stereocenters. The van der Waals surface area contributed by atoms with Gasteiger partial charge in [0, 0.05) is 45.2 Å². The zero-order valence-electron chi connectivity index (χ0n) is 19.8. The smallest absolute Gasteiger partial charge is 0.249 e. The molecule has 1 aromatic carbocycles. The summed E-state index contributed by atoms with van der Waals surface area (Å²) in [7, 11) is 0. The van der Waals surface area contributed by atoms with Crippen molar-refractivity contribution in [1.82, 2.24) is 20.2 Å². The van der Waals surface area contributed by atoms with Gasteiger partial charge in [-0.2, -0.15) is 5.26 Å². The Balaban J connectivity index is 1.46. The van der Waals surface area contributed by atoms with Crippen LogP contribution in [0.15, 0.2) is 35.3 Å². The highest BCUT2D eigenvalue weighted by molar-refractivity contribution is 5.89. The third kappa shape index (κ3) is 5.17. The molecule has 0 spiro atoms. The number of carbonyl (C=O) groups is 2. The van der Waals surface area contributed by atoms with Gasteiger partial charge in [-0.1, -0.05) is 37.3 Å². The fourth-order valence-corrected chi connectivity index (χ4v) is 5.56. The predicted octanol–water partition coefficient (Wildman–Crippen LogP) is 2.01. The standard InChI is InChI=1S/C25H34N6O3/c1-18-7-11-29(12-8-18)25(27-17-26)31-14-10-21(22(16-31)23(32)28-34)24(33)30-13-9-20(15-30)19-5-3-2-4-6-19/h2-6,18,20-22,34H,7-16H2,1H3,(H,28,32)/t20-,21?,22?/m0/s1. The molecule has 2 unspecified atom stereocenters. The molecule has 0 bridgehead atoms. The Morgan fingerprint density at radius 2 is 1.65 bits per heavy atom. The van der Waals surface area contributed by atoms with Crippen molar-refractivity contribution >= 4 is 17.8 Å². The summed E-state index contributed by atoms with van der Waals surface area (Å²) in [4.78, 5) is 36.1. The van der Waals surface area contributed by atoms with Gasteiger partial charge in [0.25, 0.3) is 0 Å². The van der Waals surface area contributed by atoms with E-state index in [1.54, 1.807) is 5.48 Å². The summed E-state index contributed by atoms with van der Waals surface area (Å²) in [5.74, 6) is -0.316. The maximum atomic E-state index is 13.5. The number of guanidine groups is 1. The predicted molar refractivity (Wildman–Crippen MR) is 126 cm³/mol. The third-order valence-electron chi connectivity index (χ3n) is 7.65. The first kappa shape index (κ1) is 24.0. The van der Waals surface area contributed by atoms with Crippen molar-refractivity contribution < 1.29 is 14.8 Å². The number of hydrogen-bond acceptors (Lipinski definition) is 5. The van der Waals surface area contributed by atoms with Crippen LogP contribution in [0.4, 0.5) is 0 Å².